The molecule has 0 amide bonds. The lowest BCUT2D eigenvalue weighted by molar-refractivity contribution is 0.0697. The number of piperidine rings is 1. The summed E-state index contributed by atoms with van der Waals surface area (Å²) < 4.78 is 2.43. The number of hydrogen-bond donors (Lipinski definition) is 2. The zero-order valence-electron chi connectivity index (χ0n) is 21.2. The maximum absolute atomic E-state index is 11.9. The summed E-state index contributed by atoms with van der Waals surface area (Å²) in [6.45, 7) is 6.00. The SMILES string of the molecule is NC1CCN(CCN2CCn3c(c(C4CCCCC4)c4ccc(C(=O)O)cc43)-c3ccccc32)CC1. The van der Waals surface area contributed by atoms with E-state index in [1.807, 2.05) is 6.07 Å². The van der Waals surface area contributed by atoms with E-state index in [0.29, 0.717) is 17.5 Å². The average molecular weight is 487 g/mol. The van der Waals surface area contributed by atoms with Gasteiger partial charge in [0.15, 0.2) is 0 Å². The van der Waals surface area contributed by atoms with E-state index >= 15 is 0 Å². The Morgan fingerprint density at radius 1 is 0.917 bits per heavy atom. The number of benzene rings is 2. The van der Waals surface area contributed by atoms with E-state index in [2.05, 4.69) is 44.7 Å². The number of fused-ring (bicyclic) bond motifs is 5. The monoisotopic (exact) mass is 486 g/mol. The van der Waals surface area contributed by atoms with Gasteiger partial charge >= 0.3 is 5.97 Å². The molecule has 6 nitrogen and oxygen atoms in total. The number of rotatable bonds is 5. The van der Waals surface area contributed by atoms with Gasteiger partial charge in [-0.05, 0) is 68.5 Å². The summed E-state index contributed by atoms with van der Waals surface area (Å²) in [7, 11) is 0. The molecule has 3 N–H and O–H groups in total. The van der Waals surface area contributed by atoms with Gasteiger partial charge in [0.1, 0.15) is 0 Å². The summed E-state index contributed by atoms with van der Waals surface area (Å²) in [5.41, 5.74) is 12.9. The summed E-state index contributed by atoms with van der Waals surface area (Å²) >= 11 is 0. The highest BCUT2D eigenvalue weighted by atomic mass is 16.4. The quantitative estimate of drug-likeness (QED) is 0.512. The largest absolute Gasteiger partial charge is 0.478 e. The molecular formula is C30H38N4O2. The molecule has 1 saturated carbocycles. The van der Waals surface area contributed by atoms with E-state index in [9.17, 15) is 9.90 Å². The van der Waals surface area contributed by atoms with Crippen molar-refractivity contribution < 1.29 is 9.90 Å². The van der Waals surface area contributed by atoms with Crippen molar-refractivity contribution >= 4 is 22.6 Å². The van der Waals surface area contributed by atoms with Gasteiger partial charge in [-0.15, -0.1) is 0 Å². The fraction of sp³-hybridized carbons (Fsp3) is 0.500. The van der Waals surface area contributed by atoms with E-state index < -0.39 is 5.97 Å². The van der Waals surface area contributed by atoms with Gasteiger partial charge in [-0.2, -0.15) is 0 Å². The van der Waals surface area contributed by atoms with Crippen LogP contribution in [0.25, 0.3) is 22.2 Å². The van der Waals surface area contributed by atoms with Crippen molar-refractivity contribution in [2.24, 2.45) is 5.73 Å². The number of carboxylic acids is 1. The molecule has 1 saturated heterocycles. The summed E-state index contributed by atoms with van der Waals surface area (Å²) in [6, 6.07) is 15.0. The summed E-state index contributed by atoms with van der Waals surface area (Å²) in [4.78, 5) is 17.0. The number of hydrogen-bond acceptors (Lipinski definition) is 4. The van der Waals surface area contributed by atoms with E-state index in [0.717, 1.165) is 57.6 Å². The van der Waals surface area contributed by atoms with Crippen LogP contribution in [-0.2, 0) is 6.54 Å². The van der Waals surface area contributed by atoms with Crippen molar-refractivity contribution in [2.45, 2.75) is 63.5 Å². The molecular weight excluding hydrogens is 448 g/mol. The number of nitrogens with zero attached hydrogens (tertiary/aromatic N) is 3. The van der Waals surface area contributed by atoms with Crippen molar-refractivity contribution in [3.8, 4) is 11.3 Å². The van der Waals surface area contributed by atoms with Gasteiger partial charge in [0.05, 0.1) is 11.3 Å². The molecule has 6 rings (SSSR count). The molecule has 0 atom stereocenters. The number of aromatic nitrogens is 1. The van der Waals surface area contributed by atoms with Crippen LogP contribution in [0.4, 0.5) is 5.69 Å². The van der Waals surface area contributed by atoms with Crippen LogP contribution in [0.2, 0.25) is 0 Å². The summed E-state index contributed by atoms with van der Waals surface area (Å²) in [5, 5.41) is 11.0. The predicted octanol–water partition coefficient (Wildman–Crippen LogP) is 5.30. The number of anilines is 1. The molecule has 3 aromatic rings. The molecule has 0 spiro atoms. The number of carboxylic acid groups (broad SMARTS) is 1. The molecule has 0 unspecified atom stereocenters. The van der Waals surface area contributed by atoms with E-state index in [-0.39, 0.29) is 0 Å². The summed E-state index contributed by atoms with van der Waals surface area (Å²) in [5.74, 6) is -0.325. The van der Waals surface area contributed by atoms with Gasteiger partial charge in [0, 0.05) is 54.4 Å². The van der Waals surface area contributed by atoms with Crippen LogP contribution >= 0.6 is 0 Å². The number of likely N-dealkylation sites (tertiary alicyclic amines) is 1. The first-order chi connectivity index (χ1) is 17.6. The van der Waals surface area contributed by atoms with Gasteiger partial charge in [-0.25, -0.2) is 4.79 Å². The van der Waals surface area contributed by atoms with E-state index in [1.54, 1.807) is 6.07 Å². The van der Waals surface area contributed by atoms with Gasteiger partial charge in [-0.1, -0.05) is 43.5 Å². The molecule has 3 aliphatic rings. The minimum atomic E-state index is -0.858. The molecule has 2 aliphatic heterocycles. The Bertz CT molecular complexity index is 1250. The molecule has 1 aliphatic carbocycles. The Balaban J connectivity index is 1.43. The second-order valence-corrected chi connectivity index (χ2v) is 11.0. The number of nitrogens with two attached hydrogens (primary N) is 1. The lowest BCUT2D eigenvalue weighted by Crippen LogP contribution is -2.43. The Morgan fingerprint density at radius 2 is 1.69 bits per heavy atom. The van der Waals surface area contributed by atoms with Crippen molar-refractivity contribution in [3.05, 3.63) is 53.6 Å². The van der Waals surface area contributed by atoms with Crippen molar-refractivity contribution in [1.29, 1.82) is 0 Å². The first-order valence-corrected chi connectivity index (χ1v) is 13.8. The molecule has 2 aromatic carbocycles. The fourth-order valence-electron chi connectivity index (χ4n) is 6.80. The Labute approximate surface area is 213 Å². The van der Waals surface area contributed by atoms with Crippen molar-refractivity contribution in [1.82, 2.24) is 9.47 Å². The first-order valence-electron chi connectivity index (χ1n) is 13.8. The maximum Gasteiger partial charge on any atom is 0.335 e. The third kappa shape index (κ3) is 4.31. The maximum atomic E-state index is 11.9. The normalized spacial score (nSPS) is 19.8. The third-order valence-corrected chi connectivity index (χ3v) is 8.78. The van der Waals surface area contributed by atoms with Gasteiger partial charge in [0.2, 0.25) is 0 Å². The molecule has 190 valence electrons. The molecule has 0 radical (unpaired) electrons. The number of carbonyl (C=O) groups is 1. The molecule has 36 heavy (non-hydrogen) atoms. The highest BCUT2D eigenvalue weighted by Crippen LogP contribution is 2.47. The highest BCUT2D eigenvalue weighted by Gasteiger charge is 2.30. The molecule has 6 heteroatoms. The van der Waals surface area contributed by atoms with Crippen LogP contribution in [0, 0.1) is 0 Å². The van der Waals surface area contributed by atoms with E-state index in [1.165, 1.54) is 60.0 Å². The smallest absolute Gasteiger partial charge is 0.335 e. The molecule has 0 bridgehead atoms. The van der Waals surface area contributed by atoms with Crippen LogP contribution in [0.1, 0.15) is 66.8 Å². The molecule has 1 aromatic heterocycles. The minimum absolute atomic E-state index is 0.355. The topological polar surface area (TPSA) is 74.7 Å². The first kappa shape index (κ1) is 23.6. The van der Waals surface area contributed by atoms with Crippen LogP contribution < -0.4 is 10.6 Å². The zero-order chi connectivity index (χ0) is 24.6. The van der Waals surface area contributed by atoms with Gasteiger partial charge < -0.3 is 25.2 Å². The van der Waals surface area contributed by atoms with Crippen LogP contribution in [0.3, 0.4) is 0 Å². The van der Waals surface area contributed by atoms with Crippen LogP contribution in [0.15, 0.2) is 42.5 Å². The minimum Gasteiger partial charge on any atom is -0.478 e. The second kappa shape index (κ2) is 9.91. The van der Waals surface area contributed by atoms with Crippen molar-refractivity contribution in [3.63, 3.8) is 0 Å². The van der Waals surface area contributed by atoms with Crippen molar-refractivity contribution in [2.75, 3.05) is 37.6 Å². The standard InChI is InChI=1S/C30H38N4O2/c31-23-12-14-32(15-13-23)16-17-33-18-19-34-27-20-22(30(35)36)10-11-24(27)28(21-6-2-1-3-7-21)29(34)25-8-4-5-9-26(25)33/h4-5,8-11,20-21,23H,1-3,6-7,12-19,31H2,(H,35,36). The van der Waals surface area contributed by atoms with Crippen LogP contribution in [0.5, 0.6) is 0 Å². The Kier molecular flexibility index (Phi) is 6.48. The highest BCUT2D eigenvalue weighted by molar-refractivity contribution is 5.99. The number of aromatic carboxylic acids is 1. The van der Waals surface area contributed by atoms with E-state index in [4.69, 9.17) is 5.73 Å². The van der Waals surface area contributed by atoms with Gasteiger partial charge in [-0.3, -0.25) is 0 Å². The molecule has 2 fully saturated rings. The molecule has 3 heterocycles. The fourth-order valence-corrected chi connectivity index (χ4v) is 6.80. The lowest BCUT2D eigenvalue weighted by atomic mass is 9.81. The third-order valence-electron chi connectivity index (χ3n) is 8.78. The van der Waals surface area contributed by atoms with Gasteiger partial charge in [0.25, 0.3) is 0 Å². The second-order valence-electron chi connectivity index (χ2n) is 11.0. The number of para-hydroxylation sites is 1. The Morgan fingerprint density at radius 3 is 2.47 bits per heavy atom. The predicted molar refractivity (Wildman–Crippen MR) is 146 cm³/mol. The van der Waals surface area contributed by atoms with Crippen LogP contribution in [-0.4, -0.2) is 59.3 Å². The zero-order valence-corrected chi connectivity index (χ0v) is 21.2. The average Bonchev–Trinajstić information content (AvgIpc) is 3.14. The summed E-state index contributed by atoms with van der Waals surface area (Å²) in [6.07, 6.45) is 8.48. The lowest BCUT2D eigenvalue weighted by Gasteiger charge is -2.33. The Hall–Kier alpha value is -2.83.